The van der Waals surface area contributed by atoms with Crippen molar-refractivity contribution < 1.29 is 9.59 Å². The van der Waals surface area contributed by atoms with Gasteiger partial charge in [0.1, 0.15) is 5.41 Å². The van der Waals surface area contributed by atoms with Gasteiger partial charge in [-0.3, -0.25) is 9.59 Å². The second-order valence-electron chi connectivity index (χ2n) is 4.89. The fourth-order valence-corrected chi connectivity index (χ4v) is 1.88. The summed E-state index contributed by atoms with van der Waals surface area (Å²) in [7, 11) is 0. The van der Waals surface area contributed by atoms with Gasteiger partial charge in [0.05, 0.1) is 6.07 Å². The van der Waals surface area contributed by atoms with Gasteiger partial charge < -0.3 is 9.80 Å². The van der Waals surface area contributed by atoms with Gasteiger partial charge >= 0.3 is 0 Å². The van der Waals surface area contributed by atoms with Crippen LogP contribution in [0.4, 0.5) is 0 Å². The summed E-state index contributed by atoms with van der Waals surface area (Å²) >= 11 is 0. The van der Waals surface area contributed by atoms with Crippen molar-refractivity contribution in [2.75, 3.05) is 26.2 Å². The molecule has 0 bridgehead atoms. The maximum absolute atomic E-state index is 12.1. The fourth-order valence-electron chi connectivity index (χ4n) is 1.88. The Labute approximate surface area is 102 Å². The molecule has 1 saturated heterocycles. The van der Waals surface area contributed by atoms with Gasteiger partial charge in [-0.1, -0.05) is 0 Å². The Morgan fingerprint density at radius 2 is 1.65 bits per heavy atom. The molecule has 1 fully saturated rings. The normalized spacial score (nSPS) is 17.3. The molecule has 0 unspecified atom stereocenters. The molecule has 94 valence electrons. The third kappa shape index (κ3) is 3.19. The molecule has 0 spiro atoms. The van der Waals surface area contributed by atoms with E-state index in [9.17, 15) is 9.59 Å². The lowest BCUT2D eigenvalue weighted by Crippen LogP contribution is -2.42. The average molecular weight is 237 g/mol. The molecule has 0 aromatic carbocycles. The van der Waals surface area contributed by atoms with Crippen LogP contribution in [-0.4, -0.2) is 47.8 Å². The van der Waals surface area contributed by atoms with Gasteiger partial charge in [-0.2, -0.15) is 5.26 Å². The molecule has 0 aliphatic carbocycles. The third-order valence-corrected chi connectivity index (χ3v) is 3.04. The van der Waals surface area contributed by atoms with Crippen LogP contribution in [0.15, 0.2) is 0 Å². The Balaban J connectivity index is 2.67. The number of carbonyl (C=O) groups excluding carboxylic acids is 2. The van der Waals surface area contributed by atoms with E-state index in [2.05, 4.69) is 0 Å². The Bertz CT molecular complexity index is 357. The standard InChI is InChI=1S/C12H19N3O2/c1-10(16)14-5-4-6-15(8-7-14)11(17)12(2,3)9-13/h4-8H2,1-3H3. The van der Waals surface area contributed by atoms with E-state index in [1.165, 1.54) is 6.92 Å². The lowest BCUT2D eigenvalue weighted by Gasteiger charge is -2.26. The minimum atomic E-state index is -0.981. The number of rotatable bonds is 1. The number of nitrogens with zero attached hydrogens (tertiary/aromatic N) is 3. The number of carbonyl (C=O) groups is 2. The fraction of sp³-hybridized carbons (Fsp3) is 0.750. The number of hydrogen-bond donors (Lipinski definition) is 0. The van der Waals surface area contributed by atoms with E-state index in [4.69, 9.17) is 5.26 Å². The van der Waals surface area contributed by atoms with Gasteiger partial charge in [0.15, 0.2) is 0 Å². The quantitative estimate of drug-likeness (QED) is 0.671. The largest absolute Gasteiger partial charge is 0.341 e. The van der Waals surface area contributed by atoms with E-state index in [1.807, 2.05) is 6.07 Å². The Morgan fingerprint density at radius 3 is 2.18 bits per heavy atom. The van der Waals surface area contributed by atoms with Gasteiger partial charge in [-0.05, 0) is 20.3 Å². The highest BCUT2D eigenvalue weighted by molar-refractivity contribution is 5.84. The molecule has 5 heteroatoms. The highest BCUT2D eigenvalue weighted by atomic mass is 16.2. The van der Waals surface area contributed by atoms with Crippen molar-refractivity contribution in [1.82, 2.24) is 9.80 Å². The summed E-state index contributed by atoms with van der Waals surface area (Å²) in [5.74, 6) is -0.107. The van der Waals surface area contributed by atoms with Gasteiger partial charge in [-0.15, -0.1) is 0 Å². The van der Waals surface area contributed by atoms with E-state index in [0.717, 1.165) is 6.42 Å². The van der Waals surface area contributed by atoms with Crippen LogP contribution >= 0.6 is 0 Å². The van der Waals surface area contributed by atoms with Crippen LogP contribution in [0.1, 0.15) is 27.2 Å². The van der Waals surface area contributed by atoms with Crippen molar-refractivity contribution in [2.45, 2.75) is 27.2 Å². The summed E-state index contributed by atoms with van der Waals surface area (Å²) < 4.78 is 0. The molecule has 1 heterocycles. The number of amides is 2. The van der Waals surface area contributed by atoms with Crippen LogP contribution in [0, 0.1) is 16.7 Å². The highest BCUT2D eigenvalue weighted by Gasteiger charge is 2.32. The maximum Gasteiger partial charge on any atom is 0.242 e. The predicted molar refractivity (Wildman–Crippen MR) is 62.8 cm³/mol. The van der Waals surface area contributed by atoms with Crippen molar-refractivity contribution in [3.8, 4) is 6.07 Å². The minimum Gasteiger partial charge on any atom is -0.341 e. The second-order valence-corrected chi connectivity index (χ2v) is 4.89. The zero-order valence-electron chi connectivity index (χ0n) is 10.7. The summed E-state index contributed by atoms with van der Waals surface area (Å²) in [6.07, 6.45) is 0.771. The van der Waals surface area contributed by atoms with Crippen LogP contribution in [0.3, 0.4) is 0 Å². The van der Waals surface area contributed by atoms with E-state index in [-0.39, 0.29) is 11.8 Å². The molecule has 1 rings (SSSR count). The molecule has 1 aliphatic heterocycles. The van der Waals surface area contributed by atoms with E-state index in [0.29, 0.717) is 26.2 Å². The minimum absolute atomic E-state index is 0.0406. The monoisotopic (exact) mass is 237 g/mol. The van der Waals surface area contributed by atoms with Gasteiger partial charge in [0.25, 0.3) is 0 Å². The van der Waals surface area contributed by atoms with E-state index < -0.39 is 5.41 Å². The van der Waals surface area contributed by atoms with E-state index in [1.54, 1.807) is 23.6 Å². The lowest BCUT2D eigenvalue weighted by molar-refractivity contribution is -0.138. The first-order valence-corrected chi connectivity index (χ1v) is 5.84. The van der Waals surface area contributed by atoms with Crippen LogP contribution < -0.4 is 0 Å². The molecule has 0 radical (unpaired) electrons. The molecule has 2 amide bonds. The van der Waals surface area contributed by atoms with Crippen LogP contribution in [0.25, 0.3) is 0 Å². The highest BCUT2D eigenvalue weighted by Crippen LogP contribution is 2.18. The van der Waals surface area contributed by atoms with Crippen molar-refractivity contribution in [3.05, 3.63) is 0 Å². The molecule has 0 N–H and O–H groups in total. The van der Waals surface area contributed by atoms with Crippen molar-refractivity contribution in [1.29, 1.82) is 5.26 Å². The summed E-state index contributed by atoms with van der Waals surface area (Å²) in [5.41, 5.74) is -0.981. The summed E-state index contributed by atoms with van der Waals surface area (Å²) in [5, 5.41) is 8.94. The molecule has 1 aliphatic rings. The van der Waals surface area contributed by atoms with Crippen LogP contribution in [-0.2, 0) is 9.59 Å². The summed E-state index contributed by atoms with van der Waals surface area (Å²) in [6.45, 7) is 7.18. The first-order chi connectivity index (χ1) is 7.88. The molecule has 5 nitrogen and oxygen atoms in total. The zero-order valence-corrected chi connectivity index (χ0v) is 10.7. The molecule has 17 heavy (non-hydrogen) atoms. The lowest BCUT2D eigenvalue weighted by atomic mass is 9.94. The Kier molecular flexibility index (Phi) is 4.11. The summed E-state index contributed by atoms with van der Waals surface area (Å²) in [4.78, 5) is 26.8. The second kappa shape index (κ2) is 5.17. The molecule has 0 aromatic rings. The van der Waals surface area contributed by atoms with Crippen LogP contribution in [0.5, 0.6) is 0 Å². The van der Waals surface area contributed by atoms with Gasteiger partial charge in [0, 0.05) is 33.1 Å². The first kappa shape index (κ1) is 13.5. The molecular formula is C12H19N3O2. The van der Waals surface area contributed by atoms with Gasteiger partial charge in [-0.25, -0.2) is 0 Å². The number of hydrogen-bond acceptors (Lipinski definition) is 3. The maximum atomic E-state index is 12.1. The third-order valence-electron chi connectivity index (χ3n) is 3.04. The molecule has 0 atom stereocenters. The average Bonchev–Trinajstić information content (AvgIpc) is 2.53. The van der Waals surface area contributed by atoms with Crippen molar-refractivity contribution >= 4 is 11.8 Å². The first-order valence-electron chi connectivity index (χ1n) is 5.84. The zero-order chi connectivity index (χ0) is 13.1. The molecular weight excluding hydrogens is 218 g/mol. The summed E-state index contributed by atoms with van der Waals surface area (Å²) in [6, 6.07) is 2.02. The number of nitriles is 1. The molecule has 0 saturated carbocycles. The van der Waals surface area contributed by atoms with Gasteiger partial charge in [0.2, 0.25) is 11.8 Å². The van der Waals surface area contributed by atoms with E-state index >= 15 is 0 Å². The van der Waals surface area contributed by atoms with Crippen molar-refractivity contribution in [2.24, 2.45) is 5.41 Å². The predicted octanol–water partition coefficient (Wildman–Crippen LogP) is 0.617. The smallest absolute Gasteiger partial charge is 0.242 e. The topological polar surface area (TPSA) is 64.4 Å². The van der Waals surface area contributed by atoms with Crippen molar-refractivity contribution in [3.63, 3.8) is 0 Å². The van der Waals surface area contributed by atoms with Crippen LogP contribution in [0.2, 0.25) is 0 Å². The Morgan fingerprint density at radius 1 is 1.12 bits per heavy atom. The SMILES string of the molecule is CC(=O)N1CCCN(C(=O)C(C)(C)C#N)CC1. The molecule has 0 aromatic heterocycles. The Hall–Kier alpha value is -1.57.